The van der Waals surface area contributed by atoms with Crippen molar-refractivity contribution in [1.29, 1.82) is 0 Å². The van der Waals surface area contributed by atoms with Crippen LogP contribution in [-0.4, -0.2) is 16.4 Å². The van der Waals surface area contributed by atoms with E-state index in [2.05, 4.69) is 14.4 Å². The van der Waals surface area contributed by atoms with Gasteiger partial charge >= 0.3 is 0 Å². The van der Waals surface area contributed by atoms with E-state index in [-0.39, 0.29) is 10.6 Å². The number of hydrogen-bond donors (Lipinski definition) is 0. The van der Waals surface area contributed by atoms with Crippen LogP contribution in [0.1, 0.15) is 0 Å². The Bertz CT molecular complexity index is 627. The van der Waals surface area contributed by atoms with Gasteiger partial charge in [-0.1, -0.05) is 23.2 Å². The van der Waals surface area contributed by atoms with Gasteiger partial charge in [-0.25, -0.2) is 4.98 Å². The van der Waals surface area contributed by atoms with Crippen LogP contribution in [-0.2, 0) is 0 Å². The van der Waals surface area contributed by atoms with Crippen molar-refractivity contribution in [3.63, 3.8) is 0 Å². The Morgan fingerprint density at radius 3 is 2.75 bits per heavy atom. The lowest BCUT2D eigenvalue weighted by atomic mass is 10.2. The molecule has 16 heavy (non-hydrogen) atoms. The number of ether oxygens (including phenoxy) is 1. The van der Waals surface area contributed by atoms with E-state index in [0.717, 1.165) is 0 Å². The molecule has 84 valence electrons. The van der Waals surface area contributed by atoms with Crippen molar-refractivity contribution in [1.82, 2.24) is 9.32 Å². The first-order valence-corrected chi connectivity index (χ1v) is 5.52. The molecule has 1 atom stereocenters. The number of fused-ring (bicyclic) bond motifs is 1. The quantitative estimate of drug-likeness (QED) is 0.751. The van der Waals surface area contributed by atoms with Crippen molar-refractivity contribution in [2.24, 2.45) is 0 Å². The molecule has 1 unspecified atom stereocenters. The molecular weight excluding hydrogens is 270 g/mol. The highest BCUT2D eigenvalue weighted by molar-refractivity contribution is 7.14. The van der Waals surface area contributed by atoms with Gasteiger partial charge in [-0.15, -0.1) is 0 Å². The second-order valence-corrected chi connectivity index (χ2v) is 4.42. The second-order valence-electron chi connectivity index (χ2n) is 3.05. The highest BCUT2D eigenvalue weighted by Gasteiger charge is 2.15. The Labute approximate surface area is 103 Å². The van der Waals surface area contributed by atoms with E-state index in [1.165, 1.54) is 23.8 Å². The maximum absolute atomic E-state index is 11.8. The van der Waals surface area contributed by atoms with E-state index in [1.54, 1.807) is 0 Å². The average molecular weight is 277 g/mol. The van der Waals surface area contributed by atoms with E-state index < -0.39 is 0 Å². The minimum absolute atomic E-state index is 0.259. The minimum atomic E-state index is -0.269. The number of rotatable bonds is 1. The molecule has 0 saturated heterocycles. The summed E-state index contributed by atoms with van der Waals surface area (Å²) in [5, 5.41) is 0.879. The Morgan fingerprint density at radius 2 is 2.12 bits per heavy atom. The summed E-state index contributed by atoms with van der Waals surface area (Å²) in [5.41, 5.74) is 0.0960. The van der Waals surface area contributed by atoms with Crippen molar-refractivity contribution in [2.45, 2.75) is 0 Å². The number of halogens is 2. The van der Waals surface area contributed by atoms with E-state index in [1.807, 2.05) is 0 Å². The fourth-order valence-electron chi connectivity index (χ4n) is 1.41. The summed E-state index contributed by atoms with van der Waals surface area (Å²) in [7, 11) is 3.70. The molecule has 1 heterocycles. The lowest BCUT2D eigenvalue weighted by Crippen LogP contribution is -2.13. The molecule has 2 rings (SSSR count). The van der Waals surface area contributed by atoms with Crippen molar-refractivity contribution in [3.05, 3.63) is 32.8 Å². The van der Waals surface area contributed by atoms with Crippen LogP contribution in [0.15, 0.2) is 17.2 Å². The fourth-order valence-corrected chi connectivity index (χ4v) is 2.22. The smallest absolute Gasteiger partial charge is 0.265 e. The van der Waals surface area contributed by atoms with Crippen molar-refractivity contribution < 1.29 is 4.74 Å². The topological polar surface area (TPSA) is 44.1 Å². The van der Waals surface area contributed by atoms with Gasteiger partial charge < -0.3 is 4.74 Å². The van der Waals surface area contributed by atoms with Crippen LogP contribution < -0.4 is 10.3 Å². The molecule has 0 N–H and O–H groups in total. The molecule has 0 aliphatic rings. The van der Waals surface area contributed by atoms with Crippen LogP contribution >= 0.6 is 32.6 Å². The second kappa shape index (κ2) is 4.21. The monoisotopic (exact) mass is 276 g/mol. The predicted octanol–water partition coefficient (Wildman–Crippen LogP) is 2.35. The third-order valence-corrected chi connectivity index (χ3v) is 3.07. The van der Waals surface area contributed by atoms with Crippen LogP contribution in [0, 0.1) is 0 Å². The Kier molecular flexibility index (Phi) is 3.06. The Balaban J connectivity index is 3.05. The SMILES string of the molecule is COc1c(Cl)cc(Cl)c2c(=O)n(P)cnc12. The summed E-state index contributed by atoms with van der Waals surface area (Å²) in [4.78, 5) is 15.9. The van der Waals surface area contributed by atoms with Gasteiger partial charge in [0.2, 0.25) is 0 Å². The summed E-state index contributed by atoms with van der Waals surface area (Å²) in [6, 6.07) is 1.47. The summed E-state index contributed by atoms with van der Waals surface area (Å²) in [6.45, 7) is 0. The first-order valence-electron chi connectivity index (χ1n) is 4.24. The largest absolute Gasteiger partial charge is 0.493 e. The normalized spacial score (nSPS) is 10.8. The van der Waals surface area contributed by atoms with Crippen LogP contribution in [0.25, 0.3) is 10.9 Å². The van der Waals surface area contributed by atoms with Crippen LogP contribution in [0.3, 0.4) is 0 Å². The molecule has 4 nitrogen and oxygen atoms in total. The number of benzene rings is 1. The third-order valence-electron chi connectivity index (χ3n) is 2.12. The first kappa shape index (κ1) is 11.6. The maximum atomic E-state index is 11.8. The van der Waals surface area contributed by atoms with Gasteiger partial charge in [0.15, 0.2) is 5.75 Å². The van der Waals surface area contributed by atoms with Gasteiger partial charge in [0, 0.05) is 0 Å². The number of hydrogen-bond acceptors (Lipinski definition) is 3. The van der Waals surface area contributed by atoms with Crippen LogP contribution in [0.4, 0.5) is 0 Å². The van der Waals surface area contributed by atoms with Gasteiger partial charge in [0.05, 0.1) is 22.5 Å². The summed E-state index contributed by atoms with van der Waals surface area (Å²) in [6.07, 6.45) is 1.37. The van der Waals surface area contributed by atoms with Gasteiger partial charge in [-0.2, -0.15) is 0 Å². The molecular formula is C9H7Cl2N2O2P. The standard InChI is InChI=1S/C9H7Cl2N2O2P/c1-15-8-5(11)2-4(10)6-7(8)12-3-13(16)9(6)14/h2-3H,16H2,1H3. The zero-order chi connectivity index (χ0) is 11.9. The third kappa shape index (κ3) is 1.67. The molecule has 0 aliphatic carbocycles. The zero-order valence-corrected chi connectivity index (χ0v) is 10.9. The maximum Gasteiger partial charge on any atom is 0.265 e. The highest BCUT2D eigenvalue weighted by atomic mass is 35.5. The summed E-state index contributed by atoms with van der Waals surface area (Å²) < 4.78 is 6.37. The molecule has 0 aliphatic heterocycles. The minimum Gasteiger partial charge on any atom is -0.493 e. The van der Waals surface area contributed by atoms with Crippen LogP contribution in [0.5, 0.6) is 5.75 Å². The summed E-state index contributed by atoms with van der Waals surface area (Å²) in [5.74, 6) is 0.351. The average Bonchev–Trinajstić information content (AvgIpc) is 2.23. The van der Waals surface area contributed by atoms with Crippen molar-refractivity contribution in [3.8, 4) is 5.75 Å². The Morgan fingerprint density at radius 1 is 1.44 bits per heavy atom. The lowest BCUT2D eigenvalue weighted by Gasteiger charge is -2.08. The summed E-state index contributed by atoms with van der Waals surface area (Å²) >= 11 is 11.9. The molecule has 1 aromatic carbocycles. The van der Waals surface area contributed by atoms with Gasteiger partial charge in [0.1, 0.15) is 11.8 Å². The molecule has 0 saturated carbocycles. The van der Waals surface area contributed by atoms with Crippen LogP contribution in [0.2, 0.25) is 10.0 Å². The molecule has 1 aromatic heterocycles. The van der Waals surface area contributed by atoms with Gasteiger partial charge in [-0.3, -0.25) is 9.13 Å². The van der Waals surface area contributed by atoms with E-state index in [4.69, 9.17) is 27.9 Å². The zero-order valence-electron chi connectivity index (χ0n) is 8.20. The lowest BCUT2D eigenvalue weighted by molar-refractivity contribution is 0.419. The number of nitrogens with zero attached hydrogens (tertiary/aromatic N) is 2. The van der Waals surface area contributed by atoms with Gasteiger partial charge in [0.25, 0.3) is 5.56 Å². The molecule has 0 bridgehead atoms. The first-order chi connectivity index (χ1) is 7.56. The fraction of sp³-hybridized carbons (Fsp3) is 0.111. The highest BCUT2D eigenvalue weighted by Crippen LogP contribution is 2.35. The predicted molar refractivity (Wildman–Crippen MR) is 67.7 cm³/mol. The van der Waals surface area contributed by atoms with E-state index in [0.29, 0.717) is 21.7 Å². The van der Waals surface area contributed by atoms with E-state index in [9.17, 15) is 4.79 Å². The molecule has 0 amide bonds. The number of methoxy groups -OCH3 is 1. The molecule has 7 heteroatoms. The molecule has 0 fully saturated rings. The van der Waals surface area contributed by atoms with E-state index >= 15 is 0 Å². The molecule has 2 aromatic rings. The molecule has 0 radical (unpaired) electrons. The van der Waals surface area contributed by atoms with Crippen molar-refractivity contribution in [2.75, 3.05) is 7.11 Å². The number of aromatic nitrogens is 2. The molecule has 0 spiro atoms. The van der Waals surface area contributed by atoms with Crippen molar-refractivity contribution >= 4 is 43.5 Å². The van der Waals surface area contributed by atoms with Gasteiger partial charge in [-0.05, 0) is 15.5 Å². The Hall–Kier alpha value is -0.830.